The molecule has 0 heterocycles. The number of aliphatic hydroxyl groups excluding tert-OH is 2. The summed E-state index contributed by atoms with van der Waals surface area (Å²) in [6.07, 6.45) is 76.5. The molecule has 0 bridgehead atoms. The van der Waals surface area contributed by atoms with E-state index in [-0.39, 0.29) is 24.9 Å². The number of allylic oxidation sites excluding steroid dienone is 14. The molecular weight excluding hydrogens is 875 g/mol. The van der Waals surface area contributed by atoms with E-state index in [2.05, 4.69) is 111 Å². The van der Waals surface area contributed by atoms with Crippen molar-refractivity contribution >= 4 is 11.9 Å². The van der Waals surface area contributed by atoms with E-state index in [0.29, 0.717) is 19.3 Å². The maximum absolute atomic E-state index is 13.3. The molecular formula is C65H115NO5. The van der Waals surface area contributed by atoms with Crippen molar-refractivity contribution in [2.75, 3.05) is 6.61 Å². The molecule has 71 heavy (non-hydrogen) atoms. The summed E-state index contributed by atoms with van der Waals surface area (Å²) in [5, 5.41) is 23.9. The summed E-state index contributed by atoms with van der Waals surface area (Å²) in [6, 6.07) is -0.726. The SMILES string of the molecule is CC/C=C\C/C=C\C/C=C\C/C=C\C/C=C\CCCC(CC(=O)NC(CO)C(O)CCCCCCCCCCCCCCCCCC)OC(=O)CCCCCCCCCCC/C=C\C/C=C\CCCCC. The number of nitrogens with one attached hydrogen (secondary N) is 1. The fraction of sp³-hybridized carbons (Fsp3) is 0.754. The Morgan fingerprint density at radius 1 is 0.423 bits per heavy atom. The Bertz CT molecular complexity index is 1340. The highest BCUT2D eigenvalue weighted by Gasteiger charge is 2.24. The number of carbonyl (C=O) groups is 2. The molecule has 6 heteroatoms. The number of hydrogen-bond donors (Lipinski definition) is 3. The normalized spacial score (nSPS) is 13.7. The van der Waals surface area contributed by atoms with E-state index in [4.69, 9.17) is 4.74 Å². The minimum atomic E-state index is -0.809. The average Bonchev–Trinajstić information content (AvgIpc) is 3.36. The summed E-state index contributed by atoms with van der Waals surface area (Å²) < 4.78 is 5.94. The number of amides is 1. The Balaban J connectivity index is 4.64. The van der Waals surface area contributed by atoms with Crippen LogP contribution in [0.2, 0.25) is 0 Å². The molecule has 0 aromatic rings. The molecule has 0 aliphatic heterocycles. The van der Waals surface area contributed by atoms with E-state index in [9.17, 15) is 19.8 Å². The number of aliphatic hydroxyl groups is 2. The number of unbranched alkanes of at least 4 members (excludes halogenated alkanes) is 28. The van der Waals surface area contributed by atoms with Crippen LogP contribution in [0.25, 0.3) is 0 Å². The van der Waals surface area contributed by atoms with Crippen LogP contribution in [0.1, 0.15) is 290 Å². The van der Waals surface area contributed by atoms with Gasteiger partial charge in [0.1, 0.15) is 6.10 Å². The summed E-state index contributed by atoms with van der Waals surface area (Å²) >= 11 is 0. The van der Waals surface area contributed by atoms with Crippen LogP contribution < -0.4 is 5.32 Å². The zero-order chi connectivity index (χ0) is 51.6. The molecule has 3 unspecified atom stereocenters. The Morgan fingerprint density at radius 2 is 0.775 bits per heavy atom. The van der Waals surface area contributed by atoms with E-state index in [1.165, 1.54) is 154 Å². The molecule has 410 valence electrons. The molecule has 0 saturated heterocycles. The van der Waals surface area contributed by atoms with E-state index in [1.54, 1.807) is 0 Å². The zero-order valence-corrected chi connectivity index (χ0v) is 46.8. The van der Waals surface area contributed by atoms with Gasteiger partial charge in [0.25, 0.3) is 0 Å². The molecule has 0 aromatic carbocycles. The second kappa shape index (κ2) is 57.9. The summed E-state index contributed by atoms with van der Waals surface area (Å²) in [4.78, 5) is 26.3. The van der Waals surface area contributed by atoms with Crippen LogP contribution in [-0.2, 0) is 14.3 Å². The highest BCUT2D eigenvalue weighted by molar-refractivity contribution is 5.77. The third-order valence-electron chi connectivity index (χ3n) is 13.5. The minimum absolute atomic E-state index is 0.0342. The van der Waals surface area contributed by atoms with Crippen molar-refractivity contribution in [3.05, 3.63) is 85.1 Å². The Morgan fingerprint density at radius 3 is 1.21 bits per heavy atom. The van der Waals surface area contributed by atoms with Crippen molar-refractivity contribution in [2.24, 2.45) is 0 Å². The second-order valence-corrected chi connectivity index (χ2v) is 20.4. The van der Waals surface area contributed by atoms with Crippen LogP contribution in [0.4, 0.5) is 0 Å². The van der Waals surface area contributed by atoms with Gasteiger partial charge in [0.2, 0.25) is 5.91 Å². The molecule has 3 atom stereocenters. The first-order chi connectivity index (χ1) is 35.0. The third-order valence-corrected chi connectivity index (χ3v) is 13.5. The highest BCUT2D eigenvalue weighted by Crippen LogP contribution is 2.18. The lowest BCUT2D eigenvalue weighted by Crippen LogP contribution is -2.46. The molecule has 0 aliphatic rings. The van der Waals surface area contributed by atoms with Crippen LogP contribution in [0.3, 0.4) is 0 Å². The van der Waals surface area contributed by atoms with Gasteiger partial charge in [-0.3, -0.25) is 9.59 Å². The first kappa shape index (κ1) is 68.0. The quantitative estimate of drug-likeness (QED) is 0.0321. The second-order valence-electron chi connectivity index (χ2n) is 20.4. The number of ether oxygens (including phenoxy) is 1. The van der Waals surface area contributed by atoms with E-state index >= 15 is 0 Å². The predicted octanol–water partition coefficient (Wildman–Crippen LogP) is 19.1. The fourth-order valence-electron chi connectivity index (χ4n) is 8.91. The Hall–Kier alpha value is -2.96. The van der Waals surface area contributed by atoms with Crippen molar-refractivity contribution in [1.82, 2.24) is 5.32 Å². The van der Waals surface area contributed by atoms with Crippen LogP contribution in [0.15, 0.2) is 85.1 Å². The fourth-order valence-corrected chi connectivity index (χ4v) is 8.91. The molecule has 0 aromatic heterocycles. The van der Waals surface area contributed by atoms with Crippen LogP contribution in [0, 0.1) is 0 Å². The Labute approximate surface area is 440 Å². The van der Waals surface area contributed by atoms with Gasteiger partial charge in [0.15, 0.2) is 0 Å². The van der Waals surface area contributed by atoms with Gasteiger partial charge in [0, 0.05) is 6.42 Å². The van der Waals surface area contributed by atoms with Gasteiger partial charge in [-0.2, -0.15) is 0 Å². The smallest absolute Gasteiger partial charge is 0.306 e. The summed E-state index contributed by atoms with van der Waals surface area (Å²) in [5.41, 5.74) is 0. The molecule has 0 radical (unpaired) electrons. The van der Waals surface area contributed by atoms with E-state index < -0.39 is 18.2 Å². The van der Waals surface area contributed by atoms with Crippen LogP contribution in [0.5, 0.6) is 0 Å². The lowest BCUT2D eigenvalue weighted by atomic mass is 10.0. The zero-order valence-electron chi connectivity index (χ0n) is 46.8. The van der Waals surface area contributed by atoms with Gasteiger partial charge in [-0.05, 0) is 96.3 Å². The minimum Gasteiger partial charge on any atom is -0.462 e. The maximum Gasteiger partial charge on any atom is 0.306 e. The summed E-state index contributed by atoms with van der Waals surface area (Å²) in [5.74, 6) is -0.530. The van der Waals surface area contributed by atoms with Gasteiger partial charge in [-0.25, -0.2) is 0 Å². The first-order valence-electron chi connectivity index (χ1n) is 30.3. The average molecular weight is 991 g/mol. The molecule has 0 spiro atoms. The van der Waals surface area contributed by atoms with E-state index in [1.807, 2.05) is 0 Å². The molecule has 0 fully saturated rings. The van der Waals surface area contributed by atoms with Gasteiger partial charge in [-0.15, -0.1) is 0 Å². The largest absolute Gasteiger partial charge is 0.462 e. The van der Waals surface area contributed by atoms with Gasteiger partial charge in [0.05, 0.1) is 25.2 Å². The standard InChI is InChI=1S/C65H115NO5/c1-4-7-10-13-16-19-22-25-28-31-32-34-37-40-43-46-49-52-55-58-65(70)71-61(56-53-50-47-44-41-38-35-33-29-26-23-20-17-14-11-8-5-2)59-64(69)66-62(60-67)63(68)57-54-51-48-45-42-39-36-30-27-24-21-18-15-12-9-6-3/h8,11,16-17,19-20,25-26,28-29,35,38,44,47,61-63,67-68H,4-7,9-10,12-15,18,21-24,27,30-34,36-37,39-43,45-46,48-60H2,1-3H3,(H,66,69)/b11-8-,19-16-,20-17-,28-25-,29-26-,38-35-,47-44-. The Kier molecular flexibility index (Phi) is 55.5. The number of carbonyl (C=O) groups excluding carboxylic acids is 2. The van der Waals surface area contributed by atoms with Gasteiger partial charge in [-0.1, -0.05) is 266 Å². The highest BCUT2D eigenvalue weighted by atomic mass is 16.5. The van der Waals surface area contributed by atoms with Crippen molar-refractivity contribution in [2.45, 2.75) is 309 Å². The molecule has 0 rings (SSSR count). The molecule has 3 N–H and O–H groups in total. The number of esters is 1. The van der Waals surface area contributed by atoms with Gasteiger partial charge < -0.3 is 20.3 Å². The summed E-state index contributed by atoms with van der Waals surface area (Å²) in [7, 11) is 0. The molecule has 0 saturated carbocycles. The van der Waals surface area contributed by atoms with Gasteiger partial charge >= 0.3 is 5.97 Å². The van der Waals surface area contributed by atoms with Crippen molar-refractivity contribution in [1.29, 1.82) is 0 Å². The lowest BCUT2D eigenvalue weighted by molar-refractivity contribution is -0.151. The number of rotatable bonds is 54. The topological polar surface area (TPSA) is 95.9 Å². The van der Waals surface area contributed by atoms with E-state index in [0.717, 1.165) is 89.9 Å². The summed E-state index contributed by atoms with van der Waals surface area (Å²) in [6.45, 7) is 6.36. The lowest BCUT2D eigenvalue weighted by Gasteiger charge is -2.24. The molecule has 0 aliphatic carbocycles. The van der Waals surface area contributed by atoms with Crippen molar-refractivity contribution < 1.29 is 24.5 Å². The van der Waals surface area contributed by atoms with Crippen molar-refractivity contribution in [3.8, 4) is 0 Å². The maximum atomic E-state index is 13.3. The predicted molar refractivity (Wildman–Crippen MR) is 310 cm³/mol. The third kappa shape index (κ3) is 53.2. The molecule has 6 nitrogen and oxygen atoms in total. The molecule has 1 amide bonds. The van der Waals surface area contributed by atoms with Crippen molar-refractivity contribution in [3.63, 3.8) is 0 Å². The monoisotopic (exact) mass is 990 g/mol. The first-order valence-corrected chi connectivity index (χ1v) is 30.3. The van der Waals surface area contributed by atoms with Crippen LogP contribution in [-0.4, -0.2) is 46.9 Å². The number of hydrogen-bond acceptors (Lipinski definition) is 5. The van der Waals surface area contributed by atoms with Crippen LogP contribution >= 0.6 is 0 Å².